The quantitative estimate of drug-likeness (QED) is 0.117. The molecule has 26 rings (SSSR count). The van der Waals surface area contributed by atoms with Crippen LogP contribution in [0.25, 0.3) is 254 Å². The highest BCUT2D eigenvalue weighted by atomic mass is 15.1. The van der Waals surface area contributed by atoms with E-state index in [2.05, 4.69) is 328 Å². The van der Waals surface area contributed by atoms with Crippen molar-refractivity contribution >= 4 is 129 Å². The second-order valence-electron chi connectivity index (χ2n) is 33.4. The van der Waals surface area contributed by atoms with Crippen LogP contribution < -0.4 is 0 Å². The summed E-state index contributed by atoms with van der Waals surface area (Å²) in [6.07, 6.45) is 0. The molecule has 3 aromatic heterocycles. The van der Waals surface area contributed by atoms with Gasteiger partial charge in [-0.15, -0.1) is 0 Å². The normalized spacial score (nSPS) is 11.5. The highest BCUT2D eigenvalue weighted by Gasteiger charge is 2.22. The van der Waals surface area contributed by atoms with Crippen LogP contribution in [0, 0.1) is 0 Å². The first-order valence-electron chi connectivity index (χ1n) is 44.5. The number of nitrogens with zero attached hydrogens (tertiary/aromatic N) is 9. The summed E-state index contributed by atoms with van der Waals surface area (Å²) in [7, 11) is 0. The maximum atomic E-state index is 5.16. The molecular formula is C123H77N9. The molecule has 0 aliphatic carbocycles. The lowest BCUT2D eigenvalue weighted by Crippen LogP contribution is -2.00. The van der Waals surface area contributed by atoms with Crippen LogP contribution in [-0.4, -0.2) is 44.9 Å². The lowest BCUT2D eigenvalue weighted by molar-refractivity contribution is 1.07. The summed E-state index contributed by atoms with van der Waals surface area (Å²) >= 11 is 0. The van der Waals surface area contributed by atoms with Crippen molar-refractivity contribution in [2.45, 2.75) is 0 Å². The minimum absolute atomic E-state index is 0.655. The molecule has 9 heteroatoms. The Labute approximate surface area is 760 Å². The van der Waals surface area contributed by atoms with Gasteiger partial charge in [-0.05, 0) is 188 Å². The summed E-state index contributed by atoms with van der Waals surface area (Å²) in [6, 6.07) is 164. The number of aromatic nitrogens is 9. The van der Waals surface area contributed by atoms with Crippen molar-refractivity contribution in [1.29, 1.82) is 0 Å². The van der Waals surface area contributed by atoms with E-state index in [9.17, 15) is 0 Å². The van der Waals surface area contributed by atoms with Gasteiger partial charge in [0.25, 0.3) is 0 Å². The van der Waals surface area contributed by atoms with E-state index in [0.717, 1.165) is 50.1 Å². The lowest BCUT2D eigenvalue weighted by atomic mass is 9.90. The third-order valence-electron chi connectivity index (χ3n) is 25.5. The fraction of sp³-hybridized carbons (Fsp3) is 0. The Morgan fingerprint density at radius 3 is 0.614 bits per heavy atom. The zero-order valence-corrected chi connectivity index (χ0v) is 71.5. The van der Waals surface area contributed by atoms with E-state index in [-0.39, 0.29) is 0 Å². The van der Waals surface area contributed by atoms with Crippen molar-refractivity contribution in [2.24, 2.45) is 0 Å². The summed E-state index contributed by atoms with van der Waals surface area (Å²) in [5.74, 6) is 5.94. The average Bonchev–Trinajstić information content (AvgIpc) is 0.747. The largest absolute Gasteiger partial charge is 0.208 e. The molecule has 26 aromatic rings. The van der Waals surface area contributed by atoms with Crippen molar-refractivity contribution < 1.29 is 0 Å². The number of hydrogen-bond acceptors (Lipinski definition) is 9. The molecule has 3 heterocycles. The van der Waals surface area contributed by atoms with Crippen LogP contribution >= 0.6 is 0 Å². The van der Waals surface area contributed by atoms with Crippen LogP contribution in [0.4, 0.5) is 0 Å². The molecule has 0 radical (unpaired) electrons. The highest BCUT2D eigenvalue weighted by molar-refractivity contribution is 6.27. The van der Waals surface area contributed by atoms with Crippen LogP contribution in [0.3, 0.4) is 0 Å². The van der Waals surface area contributed by atoms with E-state index in [1.54, 1.807) is 0 Å². The SMILES string of the molecule is c1ccc(-c2ccc3ccc4c5cc(-c6nc(-c7ccccc7)nc(-c7ccccc7)n6)ccc5ccc4c3c2)cc1.c1ccc(-c2nc(-c3ccc4ccc5c6ccccc6ccc5c4c3)nc(-c3ccc4c5ccccc5c5ccccc5c4c3)n2)cc1.c1ccc(-c2nc(-c3ccccc3)nc(-c3ccc4ccc5c6ccccc6c(-c6ccccc6)cc5c4c3)n2)cc1. The molecular weight excluding hydrogens is 1600 g/mol. The van der Waals surface area contributed by atoms with Crippen LogP contribution in [0.2, 0.25) is 0 Å². The van der Waals surface area contributed by atoms with Gasteiger partial charge < -0.3 is 0 Å². The first kappa shape index (κ1) is 77.8. The third kappa shape index (κ3) is 14.6. The van der Waals surface area contributed by atoms with Gasteiger partial charge in [0.05, 0.1) is 0 Å². The van der Waals surface area contributed by atoms with Gasteiger partial charge >= 0.3 is 0 Å². The maximum Gasteiger partial charge on any atom is 0.164 e. The molecule has 23 aromatic carbocycles. The molecule has 0 saturated carbocycles. The second kappa shape index (κ2) is 33.5. The second-order valence-corrected chi connectivity index (χ2v) is 33.4. The summed E-state index contributed by atoms with van der Waals surface area (Å²) in [6.45, 7) is 0. The molecule has 0 unspecified atom stereocenters. The fourth-order valence-corrected chi connectivity index (χ4v) is 18.9. The van der Waals surface area contributed by atoms with Gasteiger partial charge in [0.15, 0.2) is 52.4 Å². The standard InChI is InChI=1S/C45H27N3.2C39H25N3/c1-2-11-30(12-3-1)43-46-44(31-19-18-29-21-23-38-33-13-5-4-10-28(33)20-24-39(38)41(29)26-31)48-45(47-43)32-22-25-40-36-16-7-6-14-34(36)35-15-8-9-17-37(35)42(40)27-32;1-4-12-26(13-5-1)35-25-36-33(31-18-10-11-19-32(31)35)23-22-27-20-21-30(24-34(27)36)39-41-37(28-14-6-2-7-15-28)40-38(42-39)29-16-8-3-9-17-29;1-4-10-26(11-5-1)31-18-16-27-20-23-34-33(35(27)24-31)22-21-28-17-19-32(25-36(28)34)39-41-37(29-12-6-2-7-13-29)40-38(42-39)30-14-8-3-9-15-30/h1-27H;2*1-25H. The zero-order valence-electron chi connectivity index (χ0n) is 71.5. The number of fused-ring (bicyclic) bond motifs is 21. The number of rotatable bonds is 11. The molecule has 0 saturated heterocycles. The molecule has 132 heavy (non-hydrogen) atoms. The van der Waals surface area contributed by atoms with Gasteiger partial charge in [-0.25, -0.2) is 44.9 Å². The van der Waals surface area contributed by atoms with E-state index < -0.39 is 0 Å². The number of hydrogen-bond donors (Lipinski definition) is 0. The van der Waals surface area contributed by atoms with E-state index in [1.807, 2.05) is 140 Å². The van der Waals surface area contributed by atoms with Crippen LogP contribution in [0.1, 0.15) is 0 Å². The molecule has 0 atom stereocenters. The summed E-state index contributed by atoms with van der Waals surface area (Å²) in [4.78, 5) is 44.9. The van der Waals surface area contributed by atoms with Crippen molar-refractivity contribution in [3.05, 3.63) is 467 Å². The van der Waals surface area contributed by atoms with Crippen LogP contribution in [0.5, 0.6) is 0 Å². The molecule has 0 fully saturated rings. The molecule has 0 spiro atoms. The van der Waals surface area contributed by atoms with Crippen molar-refractivity contribution in [3.63, 3.8) is 0 Å². The van der Waals surface area contributed by atoms with Crippen LogP contribution in [-0.2, 0) is 0 Å². The highest BCUT2D eigenvalue weighted by Crippen LogP contribution is 2.44. The smallest absolute Gasteiger partial charge is 0.164 e. The van der Waals surface area contributed by atoms with Crippen molar-refractivity contribution in [3.8, 4) is 125 Å². The fourth-order valence-electron chi connectivity index (χ4n) is 18.9. The Morgan fingerprint density at radius 1 is 0.0909 bits per heavy atom. The Bertz CT molecular complexity index is 8840. The van der Waals surface area contributed by atoms with Gasteiger partial charge in [-0.3, -0.25) is 0 Å². The van der Waals surface area contributed by atoms with Gasteiger partial charge in [-0.1, -0.05) is 431 Å². The summed E-state index contributed by atoms with van der Waals surface area (Å²) in [5.41, 5.74) is 13.5. The first-order valence-corrected chi connectivity index (χ1v) is 44.5. The van der Waals surface area contributed by atoms with Gasteiger partial charge in [-0.2, -0.15) is 0 Å². The monoisotopic (exact) mass is 1680 g/mol. The third-order valence-corrected chi connectivity index (χ3v) is 25.5. The predicted molar refractivity (Wildman–Crippen MR) is 549 cm³/mol. The molecule has 0 bridgehead atoms. The first-order chi connectivity index (χ1) is 65.4. The minimum atomic E-state index is 0.655. The minimum Gasteiger partial charge on any atom is -0.208 e. The zero-order chi connectivity index (χ0) is 87.4. The topological polar surface area (TPSA) is 116 Å². The van der Waals surface area contributed by atoms with Crippen molar-refractivity contribution in [1.82, 2.24) is 44.9 Å². The molecule has 0 aliphatic heterocycles. The lowest BCUT2D eigenvalue weighted by Gasteiger charge is -2.14. The molecule has 9 nitrogen and oxygen atoms in total. The van der Waals surface area contributed by atoms with E-state index in [4.69, 9.17) is 44.9 Å². The van der Waals surface area contributed by atoms with Crippen molar-refractivity contribution in [2.75, 3.05) is 0 Å². The molecule has 614 valence electrons. The van der Waals surface area contributed by atoms with E-state index in [1.165, 1.54) is 152 Å². The Kier molecular flexibility index (Phi) is 19.7. The predicted octanol–water partition coefficient (Wildman–Crippen LogP) is 31.8. The summed E-state index contributed by atoms with van der Waals surface area (Å²) in [5, 5.41) is 29.3. The van der Waals surface area contributed by atoms with E-state index >= 15 is 0 Å². The number of benzene rings is 23. The average molecular weight is 1680 g/mol. The van der Waals surface area contributed by atoms with Gasteiger partial charge in [0.1, 0.15) is 0 Å². The molecule has 0 aliphatic rings. The van der Waals surface area contributed by atoms with Gasteiger partial charge in [0.2, 0.25) is 0 Å². The maximum absolute atomic E-state index is 5.16. The molecule has 0 amide bonds. The summed E-state index contributed by atoms with van der Waals surface area (Å²) < 4.78 is 0. The van der Waals surface area contributed by atoms with Crippen LogP contribution in [0.15, 0.2) is 467 Å². The van der Waals surface area contributed by atoms with E-state index in [0.29, 0.717) is 52.4 Å². The Hall–Kier alpha value is -17.8. The Balaban J connectivity index is 0.000000110. The molecule has 0 N–H and O–H groups in total. The Morgan fingerprint density at radius 2 is 0.273 bits per heavy atom. The van der Waals surface area contributed by atoms with Gasteiger partial charge in [0, 0.05) is 50.1 Å².